The number of anilines is 2. The van der Waals surface area contributed by atoms with Gasteiger partial charge < -0.3 is 5.32 Å². The van der Waals surface area contributed by atoms with Gasteiger partial charge in [-0.2, -0.15) is 0 Å². The molecule has 0 fully saturated rings. The lowest BCUT2D eigenvalue weighted by atomic mass is 10.1. The van der Waals surface area contributed by atoms with Crippen molar-refractivity contribution in [2.24, 2.45) is 0 Å². The fourth-order valence-electron chi connectivity index (χ4n) is 2.41. The first-order valence-corrected chi connectivity index (χ1v) is 9.22. The first-order chi connectivity index (χ1) is 11.6. The maximum absolute atomic E-state index is 13.6. The third-order valence-electron chi connectivity index (χ3n) is 3.39. The van der Waals surface area contributed by atoms with Crippen molar-refractivity contribution < 1.29 is 22.0 Å². The van der Waals surface area contributed by atoms with Gasteiger partial charge in [-0.3, -0.25) is 9.10 Å². The molecule has 2 aromatic rings. The lowest BCUT2D eigenvalue weighted by molar-refractivity contribution is -0.114. The van der Waals surface area contributed by atoms with Crippen LogP contribution in [0.5, 0.6) is 0 Å². The van der Waals surface area contributed by atoms with E-state index in [1.165, 1.54) is 0 Å². The molecular formula is C17H18F2N2O3S. The topological polar surface area (TPSA) is 66.5 Å². The standard InChI is InChI=1S/C17H18F2N2O3S/c1-11-6-12(2)8-14(7-11)21(25(3,23)24)10-17(22)20-16-5-4-13(18)9-15(16)19/h4-9H,10H2,1-3H3,(H,20,22). The van der Waals surface area contributed by atoms with Crippen molar-refractivity contribution in [2.75, 3.05) is 22.4 Å². The quantitative estimate of drug-likeness (QED) is 0.882. The predicted molar refractivity (Wildman–Crippen MR) is 93.1 cm³/mol. The van der Waals surface area contributed by atoms with E-state index in [4.69, 9.17) is 0 Å². The molecule has 0 radical (unpaired) electrons. The average molecular weight is 368 g/mol. The molecule has 1 N–H and O–H groups in total. The Morgan fingerprint density at radius 3 is 2.20 bits per heavy atom. The van der Waals surface area contributed by atoms with E-state index < -0.39 is 34.1 Å². The van der Waals surface area contributed by atoms with Gasteiger partial charge in [-0.15, -0.1) is 0 Å². The molecule has 0 aliphatic heterocycles. The number of rotatable bonds is 5. The maximum atomic E-state index is 13.6. The molecule has 0 unspecified atom stereocenters. The molecule has 0 bridgehead atoms. The van der Waals surface area contributed by atoms with Crippen molar-refractivity contribution in [1.82, 2.24) is 0 Å². The average Bonchev–Trinajstić information content (AvgIpc) is 2.45. The molecule has 0 saturated carbocycles. The zero-order valence-electron chi connectivity index (χ0n) is 14.0. The van der Waals surface area contributed by atoms with Gasteiger partial charge in [0.15, 0.2) is 0 Å². The molecular weight excluding hydrogens is 350 g/mol. The van der Waals surface area contributed by atoms with Crippen molar-refractivity contribution in [3.8, 4) is 0 Å². The monoisotopic (exact) mass is 368 g/mol. The van der Waals surface area contributed by atoms with Gasteiger partial charge in [0.1, 0.15) is 18.2 Å². The number of hydrogen-bond acceptors (Lipinski definition) is 3. The van der Waals surface area contributed by atoms with E-state index in [0.29, 0.717) is 11.8 Å². The van der Waals surface area contributed by atoms with Crippen LogP contribution in [0.25, 0.3) is 0 Å². The molecule has 0 aliphatic rings. The van der Waals surface area contributed by atoms with E-state index in [0.717, 1.165) is 33.8 Å². The Morgan fingerprint density at radius 2 is 1.68 bits per heavy atom. The molecule has 0 aliphatic carbocycles. The molecule has 1 amide bonds. The summed E-state index contributed by atoms with van der Waals surface area (Å²) in [6.07, 6.45) is 0.983. The molecule has 0 saturated heterocycles. The molecule has 134 valence electrons. The lowest BCUT2D eigenvalue weighted by Crippen LogP contribution is -2.37. The van der Waals surface area contributed by atoms with E-state index in [-0.39, 0.29) is 5.69 Å². The molecule has 25 heavy (non-hydrogen) atoms. The zero-order chi connectivity index (χ0) is 18.8. The van der Waals surface area contributed by atoms with Crippen molar-refractivity contribution in [2.45, 2.75) is 13.8 Å². The molecule has 2 aromatic carbocycles. The highest BCUT2D eigenvalue weighted by atomic mass is 32.2. The molecule has 0 aromatic heterocycles. The SMILES string of the molecule is Cc1cc(C)cc(N(CC(=O)Nc2ccc(F)cc2F)S(C)(=O)=O)c1. The second kappa shape index (κ2) is 7.18. The van der Waals surface area contributed by atoms with Crippen LogP contribution in [0.2, 0.25) is 0 Å². The summed E-state index contributed by atoms with van der Waals surface area (Å²) < 4.78 is 51.6. The number of nitrogens with one attached hydrogen (secondary N) is 1. The van der Waals surface area contributed by atoms with Gasteiger partial charge in [0.2, 0.25) is 15.9 Å². The Morgan fingerprint density at radius 1 is 1.08 bits per heavy atom. The Labute approximate surface area is 145 Å². The number of carbonyl (C=O) groups is 1. The Balaban J connectivity index is 2.27. The van der Waals surface area contributed by atoms with Crippen LogP contribution in [-0.2, 0) is 14.8 Å². The van der Waals surface area contributed by atoms with Crippen molar-refractivity contribution in [1.29, 1.82) is 0 Å². The number of aryl methyl sites for hydroxylation is 2. The van der Waals surface area contributed by atoms with Gasteiger partial charge in [0, 0.05) is 6.07 Å². The summed E-state index contributed by atoms with van der Waals surface area (Å²) in [6.45, 7) is 3.09. The lowest BCUT2D eigenvalue weighted by Gasteiger charge is -2.23. The van der Waals surface area contributed by atoms with E-state index in [9.17, 15) is 22.0 Å². The summed E-state index contributed by atoms with van der Waals surface area (Å²) in [4.78, 5) is 12.2. The summed E-state index contributed by atoms with van der Waals surface area (Å²) in [6, 6.07) is 7.85. The van der Waals surface area contributed by atoms with Gasteiger partial charge in [-0.05, 0) is 49.2 Å². The third-order valence-corrected chi connectivity index (χ3v) is 4.53. The number of sulfonamides is 1. The molecule has 5 nitrogen and oxygen atoms in total. The smallest absolute Gasteiger partial charge is 0.245 e. The van der Waals surface area contributed by atoms with Crippen LogP contribution in [-0.4, -0.2) is 27.1 Å². The van der Waals surface area contributed by atoms with E-state index >= 15 is 0 Å². The summed E-state index contributed by atoms with van der Waals surface area (Å²) in [5, 5.41) is 2.25. The second-order valence-electron chi connectivity index (χ2n) is 5.79. The largest absolute Gasteiger partial charge is 0.322 e. The minimum atomic E-state index is -3.74. The maximum Gasteiger partial charge on any atom is 0.245 e. The highest BCUT2D eigenvalue weighted by molar-refractivity contribution is 7.92. The van der Waals surface area contributed by atoms with Gasteiger partial charge in [0.25, 0.3) is 0 Å². The first kappa shape index (κ1) is 18.9. The van der Waals surface area contributed by atoms with Gasteiger partial charge in [-0.25, -0.2) is 17.2 Å². The Kier molecular flexibility index (Phi) is 5.42. The van der Waals surface area contributed by atoms with E-state index in [1.54, 1.807) is 12.1 Å². The Hall–Kier alpha value is -2.48. The number of hydrogen-bond donors (Lipinski definition) is 1. The van der Waals surface area contributed by atoms with Gasteiger partial charge in [-0.1, -0.05) is 6.07 Å². The number of halogens is 2. The van der Waals surface area contributed by atoms with Crippen LogP contribution in [0.1, 0.15) is 11.1 Å². The normalized spacial score (nSPS) is 11.2. The number of nitrogens with zero attached hydrogens (tertiary/aromatic N) is 1. The van der Waals surface area contributed by atoms with Crippen LogP contribution >= 0.6 is 0 Å². The molecule has 0 heterocycles. The zero-order valence-corrected chi connectivity index (χ0v) is 14.8. The van der Waals surface area contributed by atoms with Crippen LogP contribution in [0.15, 0.2) is 36.4 Å². The fraction of sp³-hybridized carbons (Fsp3) is 0.235. The second-order valence-corrected chi connectivity index (χ2v) is 7.69. The van der Waals surface area contributed by atoms with Crippen LogP contribution in [0.3, 0.4) is 0 Å². The van der Waals surface area contributed by atoms with E-state index in [2.05, 4.69) is 5.32 Å². The van der Waals surface area contributed by atoms with Gasteiger partial charge in [0.05, 0.1) is 17.6 Å². The molecule has 0 spiro atoms. The highest BCUT2D eigenvalue weighted by Gasteiger charge is 2.22. The van der Waals surface area contributed by atoms with Crippen molar-refractivity contribution in [3.63, 3.8) is 0 Å². The van der Waals surface area contributed by atoms with E-state index in [1.807, 2.05) is 19.9 Å². The highest BCUT2D eigenvalue weighted by Crippen LogP contribution is 2.22. The first-order valence-electron chi connectivity index (χ1n) is 7.37. The van der Waals surface area contributed by atoms with Crippen molar-refractivity contribution in [3.05, 3.63) is 59.2 Å². The fourth-order valence-corrected chi connectivity index (χ4v) is 3.25. The minimum absolute atomic E-state index is 0.222. The predicted octanol–water partition coefficient (Wildman–Crippen LogP) is 2.99. The van der Waals surface area contributed by atoms with Gasteiger partial charge >= 0.3 is 0 Å². The Bertz CT molecular complexity index is 894. The van der Waals surface area contributed by atoms with Crippen LogP contribution in [0, 0.1) is 25.5 Å². The summed E-state index contributed by atoms with van der Waals surface area (Å²) >= 11 is 0. The van der Waals surface area contributed by atoms with Crippen molar-refractivity contribution >= 4 is 27.3 Å². The molecule has 8 heteroatoms. The summed E-state index contributed by atoms with van der Waals surface area (Å²) in [5.74, 6) is -2.45. The third kappa shape index (κ3) is 4.99. The van der Waals surface area contributed by atoms with Crippen LogP contribution < -0.4 is 9.62 Å². The van der Waals surface area contributed by atoms with Crippen LogP contribution in [0.4, 0.5) is 20.2 Å². The number of benzene rings is 2. The number of carbonyl (C=O) groups excluding carboxylic acids is 1. The summed E-state index contributed by atoms with van der Waals surface area (Å²) in [5.41, 5.74) is 1.80. The number of amides is 1. The molecule has 2 rings (SSSR count). The summed E-state index contributed by atoms with van der Waals surface area (Å²) in [7, 11) is -3.74. The minimum Gasteiger partial charge on any atom is -0.322 e. The molecule has 0 atom stereocenters.